The maximum Gasteiger partial charge on any atom is 0.0762 e. The summed E-state index contributed by atoms with van der Waals surface area (Å²) in [7, 11) is 0. The fourth-order valence-corrected chi connectivity index (χ4v) is 3.23. The van der Waals surface area contributed by atoms with Crippen molar-refractivity contribution in [2.75, 3.05) is 0 Å². The summed E-state index contributed by atoms with van der Waals surface area (Å²) in [5.41, 5.74) is 2.47. The lowest BCUT2D eigenvalue weighted by molar-refractivity contribution is 0.199. The predicted molar refractivity (Wildman–Crippen MR) is 65.3 cm³/mol. The van der Waals surface area contributed by atoms with Gasteiger partial charge >= 0.3 is 0 Å². The van der Waals surface area contributed by atoms with Crippen LogP contribution in [0.25, 0.3) is 0 Å². The van der Waals surface area contributed by atoms with E-state index >= 15 is 0 Å². The first kappa shape index (κ1) is 11.0. The fourth-order valence-electron chi connectivity index (χ4n) is 2.01. The molecule has 0 aromatic heterocycles. The Morgan fingerprint density at radius 3 is 3.00 bits per heavy atom. The predicted octanol–water partition coefficient (Wildman–Crippen LogP) is 3.56. The number of benzene rings is 1. The Labute approximate surface area is 95.9 Å². The maximum atomic E-state index is 9.52. The third-order valence-corrected chi connectivity index (χ3v) is 4.61. The molecule has 1 N–H and O–H groups in total. The molecule has 0 bridgehead atoms. The lowest BCUT2D eigenvalue weighted by Crippen LogP contribution is -2.10. The van der Waals surface area contributed by atoms with Gasteiger partial charge in [-0.15, -0.1) is 11.8 Å². The molecule has 1 aromatic carbocycles. The van der Waals surface area contributed by atoms with E-state index in [9.17, 15) is 5.11 Å². The Kier molecular flexibility index (Phi) is 3.37. The zero-order valence-electron chi connectivity index (χ0n) is 9.36. The van der Waals surface area contributed by atoms with Crippen LogP contribution in [-0.2, 0) is 6.42 Å². The number of rotatable bonds is 2. The van der Waals surface area contributed by atoms with Crippen LogP contribution in [0.1, 0.15) is 43.9 Å². The second-order valence-corrected chi connectivity index (χ2v) is 5.57. The van der Waals surface area contributed by atoms with Crippen molar-refractivity contribution in [3.05, 3.63) is 29.3 Å². The van der Waals surface area contributed by atoms with Crippen molar-refractivity contribution in [2.24, 2.45) is 0 Å². The van der Waals surface area contributed by atoms with Gasteiger partial charge in [-0.3, -0.25) is 0 Å². The molecule has 0 unspecified atom stereocenters. The van der Waals surface area contributed by atoms with E-state index < -0.39 is 0 Å². The summed E-state index contributed by atoms with van der Waals surface area (Å²) < 4.78 is 0. The average Bonchev–Trinajstić information content (AvgIpc) is 2.27. The third-order valence-electron chi connectivity index (χ3n) is 3.05. The summed E-state index contributed by atoms with van der Waals surface area (Å²) in [5.74, 6) is 0. The van der Waals surface area contributed by atoms with Gasteiger partial charge in [0.2, 0.25) is 0 Å². The van der Waals surface area contributed by atoms with Crippen LogP contribution in [-0.4, -0.2) is 10.4 Å². The zero-order valence-corrected chi connectivity index (χ0v) is 10.2. The normalized spacial score (nSPS) is 22.2. The van der Waals surface area contributed by atoms with E-state index in [1.165, 1.54) is 29.7 Å². The second kappa shape index (κ2) is 4.58. The number of hydrogen-bond acceptors (Lipinski definition) is 2. The van der Waals surface area contributed by atoms with Crippen molar-refractivity contribution in [2.45, 2.75) is 49.4 Å². The highest BCUT2D eigenvalue weighted by Gasteiger charge is 2.18. The molecule has 1 aliphatic heterocycles. The van der Waals surface area contributed by atoms with Crippen molar-refractivity contribution in [3.63, 3.8) is 0 Å². The molecule has 2 heteroatoms. The number of thioether (sulfide) groups is 1. The van der Waals surface area contributed by atoms with Crippen LogP contribution >= 0.6 is 11.8 Å². The molecule has 0 aliphatic carbocycles. The van der Waals surface area contributed by atoms with Crippen molar-refractivity contribution in [1.82, 2.24) is 0 Å². The van der Waals surface area contributed by atoms with Crippen molar-refractivity contribution in [3.8, 4) is 0 Å². The topological polar surface area (TPSA) is 20.2 Å². The molecule has 0 fully saturated rings. The van der Waals surface area contributed by atoms with E-state index in [0.717, 1.165) is 10.8 Å². The number of aryl methyl sites for hydroxylation is 1. The van der Waals surface area contributed by atoms with Gasteiger partial charge in [-0.25, -0.2) is 0 Å². The molecule has 2 rings (SSSR count). The monoisotopic (exact) mass is 222 g/mol. The molecule has 82 valence electrons. The van der Waals surface area contributed by atoms with Crippen molar-refractivity contribution in [1.29, 1.82) is 0 Å². The van der Waals surface area contributed by atoms with Crippen LogP contribution < -0.4 is 0 Å². The highest BCUT2D eigenvalue weighted by atomic mass is 32.2. The highest BCUT2D eigenvalue weighted by molar-refractivity contribution is 8.00. The van der Waals surface area contributed by atoms with Gasteiger partial charge < -0.3 is 5.11 Å². The summed E-state index contributed by atoms with van der Waals surface area (Å²) in [6, 6.07) is 6.39. The van der Waals surface area contributed by atoms with E-state index in [2.05, 4.69) is 25.1 Å². The fraction of sp³-hybridized carbons (Fsp3) is 0.538. The Bertz CT molecular complexity index is 346. The Hall–Kier alpha value is -0.470. The van der Waals surface area contributed by atoms with Crippen LogP contribution in [0.2, 0.25) is 0 Å². The first-order chi connectivity index (χ1) is 7.20. The van der Waals surface area contributed by atoms with Gasteiger partial charge in [-0.05, 0) is 43.4 Å². The number of aliphatic hydroxyl groups is 1. The molecular formula is C13H18OS. The molecule has 2 atom stereocenters. The molecule has 0 spiro atoms. The minimum absolute atomic E-state index is 0.343. The smallest absolute Gasteiger partial charge is 0.0762 e. The molecule has 1 aliphatic rings. The first-order valence-electron chi connectivity index (χ1n) is 5.68. The standard InChI is InChI=1S/C13H18OS/c1-3-12-6-4-11-8-10(9(2)14)5-7-13(11)15-12/h5,7-9,12,14H,3-4,6H2,1-2H3/t9-,12-/m1/s1. The molecular weight excluding hydrogens is 204 g/mol. The summed E-state index contributed by atoms with van der Waals surface area (Å²) in [5, 5.41) is 10.3. The lowest BCUT2D eigenvalue weighted by atomic mass is 10.0. The van der Waals surface area contributed by atoms with Gasteiger partial charge in [0.15, 0.2) is 0 Å². The van der Waals surface area contributed by atoms with Crippen molar-refractivity contribution >= 4 is 11.8 Å². The van der Waals surface area contributed by atoms with E-state index in [0.29, 0.717) is 0 Å². The molecule has 0 saturated carbocycles. The minimum Gasteiger partial charge on any atom is -0.389 e. The van der Waals surface area contributed by atoms with Gasteiger partial charge in [0.1, 0.15) is 0 Å². The van der Waals surface area contributed by atoms with Crippen LogP contribution in [0.4, 0.5) is 0 Å². The third kappa shape index (κ3) is 2.37. The minimum atomic E-state index is -0.343. The van der Waals surface area contributed by atoms with Crippen LogP contribution in [0.5, 0.6) is 0 Å². The van der Waals surface area contributed by atoms with Crippen LogP contribution in [0.15, 0.2) is 23.1 Å². The Morgan fingerprint density at radius 2 is 2.33 bits per heavy atom. The van der Waals surface area contributed by atoms with Gasteiger partial charge in [0.25, 0.3) is 0 Å². The zero-order chi connectivity index (χ0) is 10.8. The molecule has 1 heterocycles. The van der Waals surface area contributed by atoms with E-state index in [1.54, 1.807) is 0 Å². The maximum absolute atomic E-state index is 9.52. The highest BCUT2D eigenvalue weighted by Crippen LogP contribution is 2.37. The van der Waals surface area contributed by atoms with Gasteiger partial charge in [-0.2, -0.15) is 0 Å². The molecule has 1 aromatic rings. The largest absolute Gasteiger partial charge is 0.389 e. The number of aliphatic hydroxyl groups excluding tert-OH is 1. The first-order valence-corrected chi connectivity index (χ1v) is 6.56. The number of hydrogen-bond donors (Lipinski definition) is 1. The Balaban J connectivity index is 2.24. The quantitative estimate of drug-likeness (QED) is 0.825. The molecule has 1 nitrogen and oxygen atoms in total. The van der Waals surface area contributed by atoms with E-state index in [1.807, 2.05) is 18.7 Å². The van der Waals surface area contributed by atoms with Gasteiger partial charge in [0.05, 0.1) is 6.10 Å². The van der Waals surface area contributed by atoms with Crippen molar-refractivity contribution < 1.29 is 5.11 Å². The summed E-state index contributed by atoms with van der Waals surface area (Å²) in [6.07, 6.45) is 3.35. The second-order valence-electron chi connectivity index (χ2n) is 4.23. The molecule has 15 heavy (non-hydrogen) atoms. The van der Waals surface area contributed by atoms with E-state index in [-0.39, 0.29) is 6.10 Å². The SMILES string of the molecule is CC[C@@H]1CCc2cc([C@@H](C)O)ccc2S1. The Morgan fingerprint density at radius 1 is 1.53 bits per heavy atom. The molecule has 0 amide bonds. The average molecular weight is 222 g/mol. The van der Waals surface area contributed by atoms with Crippen LogP contribution in [0, 0.1) is 0 Å². The summed E-state index contributed by atoms with van der Waals surface area (Å²) >= 11 is 2.00. The summed E-state index contributed by atoms with van der Waals surface area (Å²) in [4.78, 5) is 1.41. The molecule has 0 saturated heterocycles. The molecule has 0 radical (unpaired) electrons. The van der Waals surface area contributed by atoms with E-state index in [4.69, 9.17) is 0 Å². The van der Waals surface area contributed by atoms with Gasteiger partial charge in [0, 0.05) is 10.1 Å². The van der Waals surface area contributed by atoms with Gasteiger partial charge in [-0.1, -0.05) is 19.1 Å². The lowest BCUT2D eigenvalue weighted by Gasteiger charge is -2.23. The van der Waals surface area contributed by atoms with Crippen LogP contribution in [0.3, 0.4) is 0 Å². The number of fused-ring (bicyclic) bond motifs is 1. The summed E-state index contributed by atoms with van der Waals surface area (Å²) in [6.45, 7) is 4.08.